The van der Waals surface area contributed by atoms with Crippen LogP contribution in [0.3, 0.4) is 0 Å². The van der Waals surface area contributed by atoms with Crippen LogP contribution in [0.5, 0.6) is 5.75 Å². The van der Waals surface area contributed by atoms with Crippen LogP contribution < -0.4 is 4.74 Å². The van der Waals surface area contributed by atoms with Crippen molar-refractivity contribution in [2.24, 2.45) is 0 Å². The average molecular weight is 598 g/mol. The van der Waals surface area contributed by atoms with Crippen LogP contribution >= 0.6 is 0 Å². The Hall–Kier alpha value is -3.89. The molecular weight excluding hydrogens is 550 g/mol. The predicted molar refractivity (Wildman–Crippen MR) is 163 cm³/mol. The Bertz CT molecular complexity index is 1270. The predicted octanol–water partition coefficient (Wildman–Crippen LogP) is 3.97. The van der Waals surface area contributed by atoms with Crippen LogP contribution in [-0.2, 0) is 9.59 Å². The number of hydrogen-bond donors (Lipinski definition) is 0. The summed E-state index contributed by atoms with van der Waals surface area (Å²) in [6.45, 7) is 9.47. The molecule has 1 aromatic heterocycles. The number of carbonyl (C=O) groups is 4. The Morgan fingerprint density at radius 3 is 2.44 bits per heavy atom. The molecule has 0 unspecified atom stereocenters. The van der Waals surface area contributed by atoms with Gasteiger partial charge in [0.2, 0.25) is 11.8 Å². The summed E-state index contributed by atoms with van der Waals surface area (Å²) in [6.07, 6.45) is 2.91. The molecule has 0 bridgehead atoms. The smallest absolute Gasteiger partial charge is 0.259 e. The minimum atomic E-state index is -0.706. The molecule has 0 fully saturated rings. The molecule has 11 nitrogen and oxygen atoms in total. The molecule has 0 N–H and O–H groups in total. The minimum Gasteiger partial charge on any atom is -0.493 e. The third kappa shape index (κ3) is 8.58. The molecule has 1 aliphatic rings. The standard InChI is InChI=1S/C32H47N5O6/c1-22(2)29-28(23(3)43-33-29)32(41)37-19-11-10-17-35(6)31(40)26(15-12-18-34(5)24(4)38)36(7)30(39)25-14-8-9-16-27(25)42-21-13-20-37/h8-9,14,16,22,26H,10-13,15,17-21H2,1-7H3/t26-/m0/s1. The highest BCUT2D eigenvalue weighted by molar-refractivity contribution is 5.99. The van der Waals surface area contributed by atoms with Crippen LogP contribution in [0.1, 0.15) is 91.0 Å². The maximum Gasteiger partial charge on any atom is 0.259 e. The first kappa shape index (κ1) is 33.6. The summed E-state index contributed by atoms with van der Waals surface area (Å²) in [6, 6.07) is 6.31. The van der Waals surface area contributed by atoms with E-state index in [-0.39, 0.29) is 29.5 Å². The average Bonchev–Trinajstić information content (AvgIpc) is 3.38. The van der Waals surface area contributed by atoms with Crippen molar-refractivity contribution in [3.8, 4) is 5.75 Å². The Morgan fingerprint density at radius 1 is 1.07 bits per heavy atom. The highest BCUT2D eigenvalue weighted by Crippen LogP contribution is 2.25. The lowest BCUT2D eigenvalue weighted by Gasteiger charge is -2.32. The van der Waals surface area contributed by atoms with Crippen molar-refractivity contribution in [3.05, 3.63) is 46.8 Å². The molecule has 0 radical (unpaired) electrons. The monoisotopic (exact) mass is 597 g/mol. The van der Waals surface area contributed by atoms with Crippen molar-refractivity contribution in [1.29, 1.82) is 0 Å². The molecule has 2 heterocycles. The van der Waals surface area contributed by atoms with Gasteiger partial charge in [0.05, 0.1) is 17.9 Å². The van der Waals surface area contributed by atoms with E-state index in [0.717, 1.165) is 0 Å². The van der Waals surface area contributed by atoms with Crippen LogP contribution in [0.4, 0.5) is 0 Å². The number of rotatable bonds is 6. The number of amides is 4. The molecule has 1 aromatic carbocycles. The Kier molecular flexibility index (Phi) is 12.1. The van der Waals surface area contributed by atoms with Crippen LogP contribution in [0, 0.1) is 6.92 Å². The van der Waals surface area contributed by atoms with Crippen molar-refractivity contribution < 1.29 is 28.4 Å². The zero-order valence-corrected chi connectivity index (χ0v) is 26.7. The number of nitrogens with zero attached hydrogens (tertiary/aromatic N) is 5. The van der Waals surface area contributed by atoms with Gasteiger partial charge in [-0.15, -0.1) is 0 Å². The first-order chi connectivity index (χ1) is 20.4. The second kappa shape index (κ2) is 15.5. The van der Waals surface area contributed by atoms with Gasteiger partial charge in [0, 0.05) is 54.2 Å². The molecule has 43 heavy (non-hydrogen) atoms. The molecule has 4 amide bonds. The number of para-hydroxylation sites is 1. The number of hydrogen-bond acceptors (Lipinski definition) is 7. The van der Waals surface area contributed by atoms with Gasteiger partial charge in [0.15, 0.2) is 0 Å². The summed E-state index contributed by atoms with van der Waals surface area (Å²) < 4.78 is 11.5. The van der Waals surface area contributed by atoms with Gasteiger partial charge in [-0.1, -0.05) is 31.1 Å². The van der Waals surface area contributed by atoms with E-state index in [9.17, 15) is 19.2 Å². The van der Waals surface area contributed by atoms with Crippen LogP contribution in [0.2, 0.25) is 0 Å². The molecule has 11 heteroatoms. The summed E-state index contributed by atoms with van der Waals surface area (Å²) >= 11 is 0. The number of benzene rings is 1. The molecule has 0 saturated carbocycles. The number of ether oxygens (including phenoxy) is 1. The fourth-order valence-electron chi connectivity index (χ4n) is 5.23. The largest absolute Gasteiger partial charge is 0.493 e. The van der Waals surface area contributed by atoms with E-state index in [1.54, 1.807) is 62.1 Å². The normalized spacial score (nSPS) is 17.6. The van der Waals surface area contributed by atoms with Crippen molar-refractivity contribution in [1.82, 2.24) is 24.8 Å². The molecule has 236 valence electrons. The van der Waals surface area contributed by atoms with Crippen LogP contribution in [0.15, 0.2) is 28.8 Å². The lowest BCUT2D eigenvalue weighted by molar-refractivity contribution is -0.134. The Morgan fingerprint density at radius 2 is 1.74 bits per heavy atom. The van der Waals surface area contributed by atoms with E-state index in [2.05, 4.69) is 5.16 Å². The fourth-order valence-corrected chi connectivity index (χ4v) is 5.23. The Labute approximate surface area is 255 Å². The molecule has 2 aromatic rings. The third-order valence-corrected chi connectivity index (χ3v) is 8.01. The van der Waals surface area contributed by atoms with E-state index >= 15 is 0 Å². The number of carbonyl (C=O) groups excluding carboxylic acids is 4. The maximum atomic E-state index is 13.7. The summed E-state index contributed by atoms with van der Waals surface area (Å²) in [7, 11) is 5.11. The molecule has 1 aliphatic heterocycles. The second-order valence-corrected chi connectivity index (χ2v) is 11.6. The SMILES string of the molecule is CC(=O)N(C)CCC[C@H]1C(=O)N(C)CCCCN(C(=O)c2c(C(C)C)noc2C)CCCOc2ccccc2C(=O)N1C. The Balaban J connectivity index is 1.86. The number of likely N-dealkylation sites (N-methyl/N-ethyl adjacent to an activating group) is 2. The van der Waals surface area contributed by atoms with E-state index < -0.39 is 6.04 Å². The van der Waals surface area contributed by atoms with Gasteiger partial charge >= 0.3 is 0 Å². The van der Waals surface area contributed by atoms with Gasteiger partial charge in [-0.25, -0.2) is 0 Å². The highest BCUT2D eigenvalue weighted by Gasteiger charge is 2.31. The summed E-state index contributed by atoms with van der Waals surface area (Å²) in [5.74, 6) is 0.313. The van der Waals surface area contributed by atoms with Gasteiger partial charge in [0.25, 0.3) is 11.8 Å². The van der Waals surface area contributed by atoms with Gasteiger partial charge in [-0.05, 0) is 57.1 Å². The number of aryl methyl sites for hydroxylation is 1. The second-order valence-electron chi connectivity index (χ2n) is 11.6. The zero-order valence-electron chi connectivity index (χ0n) is 26.7. The molecule has 1 atom stereocenters. The number of aromatic nitrogens is 1. The number of fused-ring (bicyclic) bond motifs is 1. The maximum absolute atomic E-state index is 13.7. The summed E-state index contributed by atoms with van der Waals surface area (Å²) in [5, 5.41) is 4.13. The lowest BCUT2D eigenvalue weighted by atomic mass is 10.0. The lowest BCUT2D eigenvalue weighted by Crippen LogP contribution is -2.49. The molecule has 0 aliphatic carbocycles. The molecule has 0 saturated heterocycles. The van der Waals surface area contributed by atoms with Gasteiger partial charge in [0.1, 0.15) is 23.1 Å². The van der Waals surface area contributed by atoms with Crippen molar-refractivity contribution in [2.75, 3.05) is 53.9 Å². The van der Waals surface area contributed by atoms with E-state index in [0.29, 0.717) is 93.2 Å². The topological polar surface area (TPSA) is 117 Å². The first-order valence-corrected chi connectivity index (χ1v) is 15.1. The van der Waals surface area contributed by atoms with Crippen LogP contribution in [-0.4, -0.2) is 108 Å². The molecule has 0 spiro atoms. The molecule has 3 rings (SSSR count). The first-order valence-electron chi connectivity index (χ1n) is 15.1. The fraction of sp³-hybridized carbons (Fsp3) is 0.594. The molecular formula is C32H47N5O6. The quantitative estimate of drug-likeness (QED) is 0.495. The van der Waals surface area contributed by atoms with Crippen molar-refractivity contribution in [2.45, 2.75) is 71.8 Å². The third-order valence-electron chi connectivity index (χ3n) is 8.01. The summed E-state index contributed by atoms with van der Waals surface area (Å²) in [4.78, 5) is 59.4. The highest BCUT2D eigenvalue weighted by atomic mass is 16.5. The van der Waals surface area contributed by atoms with Crippen molar-refractivity contribution >= 4 is 23.6 Å². The van der Waals surface area contributed by atoms with Crippen molar-refractivity contribution in [3.63, 3.8) is 0 Å². The van der Waals surface area contributed by atoms with Gasteiger partial charge in [-0.2, -0.15) is 0 Å². The van der Waals surface area contributed by atoms with E-state index in [4.69, 9.17) is 9.26 Å². The van der Waals surface area contributed by atoms with E-state index in [1.807, 2.05) is 18.7 Å². The zero-order chi connectivity index (χ0) is 31.7. The summed E-state index contributed by atoms with van der Waals surface area (Å²) in [5.41, 5.74) is 1.52. The van der Waals surface area contributed by atoms with Gasteiger partial charge < -0.3 is 28.9 Å². The van der Waals surface area contributed by atoms with E-state index in [1.165, 1.54) is 11.8 Å². The minimum absolute atomic E-state index is 0.0368. The van der Waals surface area contributed by atoms with Crippen LogP contribution in [0.25, 0.3) is 0 Å². The van der Waals surface area contributed by atoms with Gasteiger partial charge in [-0.3, -0.25) is 19.2 Å².